The first-order valence-electron chi connectivity index (χ1n) is 7.63. The van der Waals surface area contributed by atoms with Crippen LogP contribution in [0.5, 0.6) is 0 Å². The highest BCUT2D eigenvalue weighted by Gasteiger charge is 2.21. The van der Waals surface area contributed by atoms with Crippen molar-refractivity contribution in [3.63, 3.8) is 0 Å². The van der Waals surface area contributed by atoms with E-state index in [4.69, 9.17) is 0 Å². The Kier molecular flexibility index (Phi) is 4.04. The molecule has 0 fully saturated rings. The Labute approximate surface area is 125 Å². The molecule has 21 heavy (non-hydrogen) atoms. The van der Waals surface area contributed by atoms with E-state index in [1.54, 1.807) is 0 Å². The van der Waals surface area contributed by atoms with Crippen molar-refractivity contribution >= 4 is 5.91 Å². The first-order chi connectivity index (χ1) is 10.2. The summed E-state index contributed by atoms with van der Waals surface area (Å²) in [5.41, 5.74) is 4.82. The van der Waals surface area contributed by atoms with Gasteiger partial charge in [0, 0.05) is 11.7 Å². The van der Waals surface area contributed by atoms with E-state index in [-0.39, 0.29) is 11.9 Å². The summed E-state index contributed by atoms with van der Waals surface area (Å²) in [6, 6.07) is 8.50. The van der Waals surface area contributed by atoms with Crippen LogP contribution in [0.1, 0.15) is 35.7 Å². The summed E-state index contributed by atoms with van der Waals surface area (Å²) in [6.45, 7) is 2.13. The van der Waals surface area contributed by atoms with Crippen molar-refractivity contribution in [3.8, 4) is 0 Å². The third-order valence-electron chi connectivity index (χ3n) is 4.15. The number of H-pyrrole nitrogens is 1. The maximum Gasteiger partial charge on any atom is 0.224 e. The van der Waals surface area contributed by atoms with Gasteiger partial charge in [-0.3, -0.25) is 9.89 Å². The van der Waals surface area contributed by atoms with Gasteiger partial charge >= 0.3 is 0 Å². The molecule has 1 heterocycles. The summed E-state index contributed by atoms with van der Waals surface area (Å²) >= 11 is 0. The number of amides is 1. The summed E-state index contributed by atoms with van der Waals surface area (Å²) in [5.74, 6) is 0.111. The Morgan fingerprint density at radius 2 is 2.29 bits per heavy atom. The van der Waals surface area contributed by atoms with Gasteiger partial charge in [-0.1, -0.05) is 31.2 Å². The number of aromatic amines is 1. The number of hydrogen-bond acceptors (Lipinski definition) is 2. The molecule has 1 aliphatic rings. The van der Waals surface area contributed by atoms with E-state index in [1.807, 2.05) is 18.3 Å². The second-order valence-electron chi connectivity index (χ2n) is 5.73. The SMILES string of the molecule is CCc1cccc(CC(=O)NC2CCc3[nH]ncc3C2)c1. The zero-order valence-corrected chi connectivity index (χ0v) is 12.4. The van der Waals surface area contributed by atoms with Crippen LogP contribution in [-0.2, 0) is 30.5 Å². The molecule has 0 saturated carbocycles. The molecule has 1 aromatic heterocycles. The van der Waals surface area contributed by atoms with E-state index in [0.29, 0.717) is 6.42 Å². The van der Waals surface area contributed by atoms with E-state index in [9.17, 15) is 4.79 Å². The second-order valence-corrected chi connectivity index (χ2v) is 5.73. The van der Waals surface area contributed by atoms with Gasteiger partial charge < -0.3 is 5.32 Å². The van der Waals surface area contributed by atoms with E-state index < -0.39 is 0 Å². The van der Waals surface area contributed by atoms with Crippen molar-refractivity contribution in [2.75, 3.05) is 0 Å². The summed E-state index contributed by atoms with van der Waals surface area (Å²) in [7, 11) is 0. The maximum atomic E-state index is 12.2. The van der Waals surface area contributed by atoms with Crippen molar-refractivity contribution in [1.82, 2.24) is 15.5 Å². The lowest BCUT2D eigenvalue weighted by Gasteiger charge is -2.22. The standard InChI is InChI=1S/C17H21N3O/c1-2-12-4-3-5-13(8-12)9-17(21)19-15-6-7-16-14(10-15)11-18-20-16/h3-5,8,11,15H,2,6-7,9-10H2,1H3,(H,18,20)(H,19,21). The van der Waals surface area contributed by atoms with Gasteiger partial charge in [0.15, 0.2) is 0 Å². The first kappa shape index (κ1) is 13.9. The van der Waals surface area contributed by atoms with Crippen LogP contribution in [0.2, 0.25) is 0 Å². The average Bonchev–Trinajstić information content (AvgIpc) is 2.95. The largest absolute Gasteiger partial charge is 0.353 e. The van der Waals surface area contributed by atoms with Crippen LogP contribution in [0, 0.1) is 0 Å². The lowest BCUT2D eigenvalue weighted by molar-refractivity contribution is -0.121. The van der Waals surface area contributed by atoms with Crippen molar-refractivity contribution in [2.24, 2.45) is 0 Å². The first-order valence-corrected chi connectivity index (χ1v) is 7.63. The molecule has 0 saturated heterocycles. The van der Waals surface area contributed by atoms with Gasteiger partial charge in [-0.05, 0) is 42.4 Å². The van der Waals surface area contributed by atoms with Crippen LogP contribution >= 0.6 is 0 Å². The number of nitrogens with one attached hydrogen (secondary N) is 2. The smallest absolute Gasteiger partial charge is 0.224 e. The number of nitrogens with zero attached hydrogens (tertiary/aromatic N) is 1. The molecule has 2 N–H and O–H groups in total. The van der Waals surface area contributed by atoms with E-state index in [1.165, 1.54) is 16.8 Å². The number of aromatic nitrogens is 2. The average molecular weight is 283 g/mol. The third-order valence-corrected chi connectivity index (χ3v) is 4.15. The van der Waals surface area contributed by atoms with Crippen molar-refractivity contribution < 1.29 is 4.79 Å². The number of fused-ring (bicyclic) bond motifs is 1. The number of carbonyl (C=O) groups excluding carboxylic acids is 1. The fourth-order valence-corrected chi connectivity index (χ4v) is 2.96. The zero-order valence-electron chi connectivity index (χ0n) is 12.4. The van der Waals surface area contributed by atoms with Gasteiger partial charge in [-0.2, -0.15) is 5.10 Å². The molecular weight excluding hydrogens is 262 g/mol. The normalized spacial score (nSPS) is 17.3. The van der Waals surface area contributed by atoms with Gasteiger partial charge in [0.25, 0.3) is 0 Å². The number of aryl methyl sites for hydroxylation is 2. The van der Waals surface area contributed by atoms with Crippen LogP contribution in [0.15, 0.2) is 30.5 Å². The molecule has 0 bridgehead atoms. The van der Waals surface area contributed by atoms with Gasteiger partial charge in [0.05, 0.1) is 12.6 Å². The Hall–Kier alpha value is -2.10. The number of carbonyl (C=O) groups is 1. The molecule has 1 aromatic carbocycles. The second kappa shape index (κ2) is 6.12. The Bertz CT molecular complexity index is 632. The van der Waals surface area contributed by atoms with Crippen LogP contribution in [0.4, 0.5) is 0 Å². The van der Waals surface area contributed by atoms with E-state index >= 15 is 0 Å². The van der Waals surface area contributed by atoms with Crippen LogP contribution in [0.25, 0.3) is 0 Å². The highest BCUT2D eigenvalue weighted by atomic mass is 16.1. The Morgan fingerprint density at radius 1 is 1.43 bits per heavy atom. The van der Waals surface area contributed by atoms with Crippen molar-refractivity contribution in [2.45, 2.75) is 45.1 Å². The molecule has 1 unspecified atom stereocenters. The molecule has 0 aliphatic heterocycles. The van der Waals surface area contributed by atoms with E-state index in [0.717, 1.165) is 31.2 Å². The minimum absolute atomic E-state index is 0.111. The summed E-state index contributed by atoms with van der Waals surface area (Å²) < 4.78 is 0. The molecule has 110 valence electrons. The minimum atomic E-state index is 0.111. The zero-order chi connectivity index (χ0) is 14.7. The molecule has 0 radical (unpaired) electrons. The molecule has 4 heteroatoms. The Balaban J connectivity index is 1.57. The molecule has 4 nitrogen and oxygen atoms in total. The minimum Gasteiger partial charge on any atom is -0.353 e. The number of benzene rings is 1. The lowest BCUT2D eigenvalue weighted by Crippen LogP contribution is -2.39. The summed E-state index contributed by atoms with van der Waals surface area (Å²) in [4.78, 5) is 12.2. The maximum absolute atomic E-state index is 12.2. The number of hydrogen-bond donors (Lipinski definition) is 2. The number of rotatable bonds is 4. The molecule has 0 spiro atoms. The topological polar surface area (TPSA) is 57.8 Å². The monoisotopic (exact) mass is 283 g/mol. The molecule has 2 aromatic rings. The molecule has 1 amide bonds. The Morgan fingerprint density at radius 3 is 3.14 bits per heavy atom. The van der Waals surface area contributed by atoms with E-state index in [2.05, 4.69) is 34.6 Å². The fraction of sp³-hybridized carbons (Fsp3) is 0.412. The van der Waals surface area contributed by atoms with Gasteiger partial charge in [0.1, 0.15) is 0 Å². The third kappa shape index (κ3) is 3.32. The lowest BCUT2D eigenvalue weighted by atomic mass is 9.93. The highest BCUT2D eigenvalue weighted by Crippen LogP contribution is 2.19. The van der Waals surface area contributed by atoms with Gasteiger partial charge in [0.2, 0.25) is 5.91 Å². The van der Waals surface area contributed by atoms with Crippen molar-refractivity contribution in [1.29, 1.82) is 0 Å². The quantitative estimate of drug-likeness (QED) is 0.903. The fourth-order valence-electron chi connectivity index (χ4n) is 2.96. The van der Waals surface area contributed by atoms with Crippen molar-refractivity contribution in [3.05, 3.63) is 52.8 Å². The highest BCUT2D eigenvalue weighted by molar-refractivity contribution is 5.79. The molecule has 3 rings (SSSR count). The van der Waals surface area contributed by atoms with Gasteiger partial charge in [-0.25, -0.2) is 0 Å². The van der Waals surface area contributed by atoms with Crippen LogP contribution < -0.4 is 5.32 Å². The predicted molar refractivity (Wildman–Crippen MR) is 82.1 cm³/mol. The van der Waals surface area contributed by atoms with Gasteiger partial charge in [-0.15, -0.1) is 0 Å². The molecule has 1 aliphatic carbocycles. The summed E-state index contributed by atoms with van der Waals surface area (Å²) in [5, 5.41) is 10.2. The predicted octanol–water partition coefficient (Wildman–Crippen LogP) is 2.19. The molecular formula is C17H21N3O. The van der Waals surface area contributed by atoms with Crippen LogP contribution in [-0.4, -0.2) is 22.1 Å². The summed E-state index contributed by atoms with van der Waals surface area (Å²) in [6.07, 6.45) is 6.16. The van der Waals surface area contributed by atoms with Crippen LogP contribution in [0.3, 0.4) is 0 Å². The molecule has 1 atom stereocenters.